The number of carbonyl (C=O) groups is 1. The Morgan fingerprint density at radius 2 is 2.44 bits per heavy atom. The molecule has 1 fully saturated rings. The molecule has 0 spiro atoms. The highest BCUT2D eigenvalue weighted by Crippen LogP contribution is 2.25. The van der Waals surface area contributed by atoms with E-state index in [2.05, 4.69) is 6.92 Å². The number of nitrogens with zero attached hydrogens (tertiary/aromatic N) is 1. The van der Waals surface area contributed by atoms with E-state index < -0.39 is 0 Å². The molecule has 1 aromatic rings. The summed E-state index contributed by atoms with van der Waals surface area (Å²) in [5, 5.41) is 0. The van der Waals surface area contributed by atoms with Gasteiger partial charge in [-0.25, -0.2) is 0 Å². The maximum Gasteiger partial charge on any atom is 0.257 e. The Labute approximate surface area is 95.4 Å². The molecule has 1 amide bonds. The normalized spacial score (nSPS) is 25.1. The molecule has 0 bridgehead atoms. The van der Waals surface area contributed by atoms with E-state index in [4.69, 9.17) is 10.2 Å². The number of carbonyl (C=O) groups excluding carboxylic acids is 1. The summed E-state index contributed by atoms with van der Waals surface area (Å²) in [7, 11) is 0. The predicted octanol–water partition coefficient (Wildman–Crippen LogP) is 1.40. The average molecular weight is 222 g/mol. The van der Waals surface area contributed by atoms with E-state index in [1.54, 1.807) is 6.07 Å². The molecule has 1 aliphatic heterocycles. The fraction of sp³-hybridized carbons (Fsp3) is 0.583. The number of hydrogen-bond acceptors (Lipinski definition) is 3. The second kappa shape index (κ2) is 4.29. The van der Waals surface area contributed by atoms with Gasteiger partial charge in [0.05, 0.1) is 5.56 Å². The zero-order valence-corrected chi connectivity index (χ0v) is 9.77. The van der Waals surface area contributed by atoms with Gasteiger partial charge >= 0.3 is 0 Å². The van der Waals surface area contributed by atoms with Crippen molar-refractivity contribution in [2.24, 2.45) is 11.7 Å². The first-order chi connectivity index (χ1) is 7.63. The van der Waals surface area contributed by atoms with Crippen LogP contribution in [0.3, 0.4) is 0 Å². The van der Waals surface area contributed by atoms with Gasteiger partial charge in [-0.1, -0.05) is 6.92 Å². The van der Waals surface area contributed by atoms with Crippen molar-refractivity contribution < 1.29 is 9.21 Å². The molecule has 2 N–H and O–H groups in total. The van der Waals surface area contributed by atoms with Crippen LogP contribution in [0, 0.1) is 12.8 Å². The summed E-state index contributed by atoms with van der Waals surface area (Å²) in [5.74, 6) is 1.29. The van der Waals surface area contributed by atoms with Gasteiger partial charge in [-0.15, -0.1) is 0 Å². The predicted molar refractivity (Wildman–Crippen MR) is 61.1 cm³/mol. The molecule has 2 unspecified atom stereocenters. The molecular formula is C12H18N2O2. The molecule has 0 saturated carbocycles. The first-order valence-corrected chi connectivity index (χ1v) is 5.69. The van der Waals surface area contributed by atoms with Crippen LogP contribution in [0.1, 0.15) is 29.5 Å². The SMILES string of the molecule is Cc1cc(C(=O)N2CCC(C)C2CN)co1. The zero-order valence-electron chi connectivity index (χ0n) is 9.77. The minimum Gasteiger partial charge on any atom is -0.469 e. The summed E-state index contributed by atoms with van der Waals surface area (Å²) < 4.78 is 5.16. The van der Waals surface area contributed by atoms with Crippen LogP contribution >= 0.6 is 0 Å². The molecule has 0 aromatic carbocycles. The number of amides is 1. The van der Waals surface area contributed by atoms with E-state index in [1.807, 2.05) is 11.8 Å². The van der Waals surface area contributed by atoms with Crippen molar-refractivity contribution in [2.45, 2.75) is 26.3 Å². The molecule has 2 atom stereocenters. The molecule has 1 aromatic heterocycles. The summed E-state index contributed by atoms with van der Waals surface area (Å²) in [6, 6.07) is 1.95. The molecule has 1 aliphatic rings. The van der Waals surface area contributed by atoms with Gasteiger partial charge in [-0.05, 0) is 25.3 Å². The van der Waals surface area contributed by atoms with Crippen LogP contribution in [-0.2, 0) is 0 Å². The molecule has 4 nitrogen and oxygen atoms in total. The van der Waals surface area contributed by atoms with Gasteiger partial charge in [0.25, 0.3) is 5.91 Å². The van der Waals surface area contributed by atoms with Gasteiger partial charge in [0.2, 0.25) is 0 Å². The second-order valence-electron chi connectivity index (χ2n) is 4.51. The summed E-state index contributed by atoms with van der Waals surface area (Å²) >= 11 is 0. The smallest absolute Gasteiger partial charge is 0.257 e. The molecule has 0 aliphatic carbocycles. The van der Waals surface area contributed by atoms with Crippen molar-refractivity contribution in [3.8, 4) is 0 Å². The van der Waals surface area contributed by atoms with Gasteiger partial charge in [-0.2, -0.15) is 0 Å². The Kier molecular flexibility index (Phi) is 3.01. The summed E-state index contributed by atoms with van der Waals surface area (Å²) in [6.07, 6.45) is 2.55. The van der Waals surface area contributed by atoms with E-state index in [-0.39, 0.29) is 11.9 Å². The third-order valence-electron chi connectivity index (χ3n) is 3.36. The lowest BCUT2D eigenvalue weighted by Gasteiger charge is -2.25. The maximum atomic E-state index is 12.2. The van der Waals surface area contributed by atoms with E-state index in [0.717, 1.165) is 18.7 Å². The number of furan rings is 1. The first kappa shape index (κ1) is 11.2. The number of aryl methyl sites for hydroxylation is 1. The van der Waals surface area contributed by atoms with Crippen LogP contribution in [0.15, 0.2) is 16.7 Å². The van der Waals surface area contributed by atoms with Crippen molar-refractivity contribution in [1.29, 1.82) is 0 Å². The minimum atomic E-state index is 0.0386. The monoisotopic (exact) mass is 222 g/mol. The number of likely N-dealkylation sites (tertiary alicyclic amines) is 1. The molecular weight excluding hydrogens is 204 g/mol. The van der Waals surface area contributed by atoms with Crippen molar-refractivity contribution >= 4 is 5.91 Å². The zero-order chi connectivity index (χ0) is 11.7. The van der Waals surface area contributed by atoms with Crippen molar-refractivity contribution in [2.75, 3.05) is 13.1 Å². The second-order valence-corrected chi connectivity index (χ2v) is 4.51. The molecule has 88 valence electrons. The molecule has 0 radical (unpaired) electrons. The van der Waals surface area contributed by atoms with Crippen LogP contribution < -0.4 is 5.73 Å². The summed E-state index contributed by atoms with van der Waals surface area (Å²) in [4.78, 5) is 14.1. The van der Waals surface area contributed by atoms with E-state index in [0.29, 0.717) is 18.0 Å². The molecule has 1 saturated heterocycles. The highest BCUT2D eigenvalue weighted by Gasteiger charge is 2.34. The van der Waals surface area contributed by atoms with Crippen molar-refractivity contribution in [3.05, 3.63) is 23.7 Å². The fourth-order valence-electron chi connectivity index (χ4n) is 2.34. The van der Waals surface area contributed by atoms with Crippen molar-refractivity contribution in [3.63, 3.8) is 0 Å². The van der Waals surface area contributed by atoms with Gasteiger partial charge in [-0.3, -0.25) is 4.79 Å². The summed E-state index contributed by atoms with van der Waals surface area (Å²) in [5.41, 5.74) is 6.35. The van der Waals surface area contributed by atoms with E-state index >= 15 is 0 Å². The molecule has 2 heterocycles. The van der Waals surface area contributed by atoms with Crippen LogP contribution in [-0.4, -0.2) is 29.9 Å². The lowest BCUT2D eigenvalue weighted by Crippen LogP contribution is -2.42. The quantitative estimate of drug-likeness (QED) is 0.822. The summed E-state index contributed by atoms with van der Waals surface area (Å²) in [6.45, 7) is 5.31. The van der Waals surface area contributed by atoms with E-state index in [9.17, 15) is 4.79 Å². The average Bonchev–Trinajstić information content (AvgIpc) is 2.83. The highest BCUT2D eigenvalue weighted by atomic mass is 16.3. The number of hydrogen-bond donors (Lipinski definition) is 1. The van der Waals surface area contributed by atoms with Gasteiger partial charge in [0.15, 0.2) is 0 Å². The van der Waals surface area contributed by atoms with Crippen LogP contribution in [0.2, 0.25) is 0 Å². The highest BCUT2D eigenvalue weighted by molar-refractivity contribution is 5.94. The van der Waals surface area contributed by atoms with E-state index in [1.165, 1.54) is 6.26 Å². The first-order valence-electron chi connectivity index (χ1n) is 5.69. The third-order valence-corrected chi connectivity index (χ3v) is 3.36. The van der Waals surface area contributed by atoms with Crippen LogP contribution in [0.25, 0.3) is 0 Å². The Morgan fingerprint density at radius 1 is 1.69 bits per heavy atom. The topological polar surface area (TPSA) is 59.5 Å². The van der Waals surface area contributed by atoms with Crippen LogP contribution in [0.5, 0.6) is 0 Å². The van der Waals surface area contributed by atoms with Gasteiger partial charge in [0.1, 0.15) is 12.0 Å². The van der Waals surface area contributed by atoms with Gasteiger partial charge in [0, 0.05) is 19.1 Å². The fourth-order valence-corrected chi connectivity index (χ4v) is 2.34. The van der Waals surface area contributed by atoms with Crippen molar-refractivity contribution in [1.82, 2.24) is 4.90 Å². The maximum absolute atomic E-state index is 12.2. The molecule has 2 rings (SSSR count). The van der Waals surface area contributed by atoms with Crippen LogP contribution in [0.4, 0.5) is 0 Å². The third kappa shape index (κ3) is 1.85. The Balaban J connectivity index is 2.16. The number of nitrogens with two attached hydrogens (primary N) is 1. The minimum absolute atomic E-state index is 0.0386. The Hall–Kier alpha value is -1.29. The lowest BCUT2D eigenvalue weighted by molar-refractivity contribution is 0.0726. The molecule has 4 heteroatoms. The molecule has 16 heavy (non-hydrogen) atoms. The Morgan fingerprint density at radius 3 is 3.00 bits per heavy atom. The van der Waals surface area contributed by atoms with Gasteiger partial charge < -0.3 is 15.1 Å². The lowest BCUT2D eigenvalue weighted by atomic mass is 10.0. The number of rotatable bonds is 2. The Bertz CT molecular complexity index is 386. The largest absolute Gasteiger partial charge is 0.469 e. The standard InChI is InChI=1S/C12H18N2O2/c1-8-3-4-14(11(8)6-13)12(15)10-5-9(2)16-7-10/h5,7-8,11H,3-4,6,13H2,1-2H3.